The fraction of sp³-hybridized carbons (Fsp3) is 0.588. The second-order valence-electron chi connectivity index (χ2n) is 7.41. The van der Waals surface area contributed by atoms with E-state index in [1.165, 1.54) is 6.07 Å². The highest BCUT2D eigenvalue weighted by molar-refractivity contribution is 7.89. The largest absolute Gasteiger partial charge is 0.381 e. The van der Waals surface area contributed by atoms with Gasteiger partial charge >= 0.3 is 0 Å². The summed E-state index contributed by atoms with van der Waals surface area (Å²) in [5, 5.41) is 2.77. The number of benzene rings is 1. The molecule has 1 aliphatic heterocycles. The quantitative estimate of drug-likeness (QED) is 0.684. The number of sulfonamides is 1. The molecular formula is C17H28ClN3O4S. The van der Waals surface area contributed by atoms with Crippen LogP contribution in [-0.2, 0) is 26.1 Å². The Kier molecular flexibility index (Phi) is 7.62. The van der Waals surface area contributed by atoms with Crippen molar-refractivity contribution in [1.82, 2.24) is 10.0 Å². The van der Waals surface area contributed by atoms with Crippen molar-refractivity contribution in [3.8, 4) is 0 Å². The van der Waals surface area contributed by atoms with Crippen LogP contribution < -0.4 is 15.8 Å². The van der Waals surface area contributed by atoms with Crippen LogP contribution in [0.5, 0.6) is 0 Å². The van der Waals surface area contributed by atoms with Gasteiger partial charge in [0.2, 0.25) is 15.9 Å². The number of ether oxygens (including phenoxy) is 1. The van der Waals surface area contributed by atoms with Crippen molar-refractivity contribution < 1.29 is 17.9 Å². The molecule has 7 nitrogen and oxygen atoms in total. The van der Waals surface area contributed by atoms with Gasteiger partial charge in [-0.05, 0) is 45.2 Å². The number of nitrogens with two attached hydrogens (primary N) is 1. The van der Waals surface area contributed by atoms with E-state index in [4.69, 9.17) is 10.5 Å². The third-order valence-corrected chi connectivity index (χ3v) is 5.84. The number of amides is 1. The van der Waals surface area contributed by atoms with Gasteiger partial charge in [-0.25, -0.2) is 13.1 Å². The SMILES string of the molecule is CC(C)(C)NS(=O)(=O)c1ccccc1CNC(=O)C1(N)CCOCC1.Cl. The zero-order valence-corrected chi connectivity index (χ0v) is 17.0. The molecule has 0 unspecified atom stereocenters. The van der Waals surface area contributed by atoms with Gasteiger partial charge in [0.15, 0.2) is 0 Å². The minimum absolute atomic E-state index is 0. The molecule has 1 aromatic carbocycles. The Morgan fingerprint density at radius 2 is 1.81 bits per heavy atom. The van der Waals surface area contributed by atoms with E-state index >= 15 is 0 Å². The van der Waals surface area contributed by atoms with Crippen LogP contribution in [-0.4, -0.2) is 38.6 Å². The number of halogens is 1. The second kappa shape index (κ2) is 8.67. The van der Waals surface area contributed by atoms with Gasteiger partial charge in [0.05, 0.1) is 10.4 Å². The molecule has 148 valence electrons. The van der Waals surface area contributed by atoms with Crippen LogP contribution in [0.1, 0.15) is 39.2 Å². The summed E-state index contributed by atoms with van der Waals surface area (Å²) in [4.78, 5) is 12.6. The Bertz CT molecular complexity index is 726. The molecule has 0 atom stereocenters. The number of carbonyl (C=O) groups excluding carboxylic acids is 1. The maximum Gasteiger partial charge on any atom is 0.241 e. The zero-order valence-electron chi connectivity index (χ0n) is 15.4. The molecule has 9 heteroatoms. The van der Waals surface area contributed by atoms with Crippen molar-refractivity contribution in [2.24, 2.45) is 5.73 Å². The first-order valence-corrected chi connectivity index (χ1v) is 9.79. The highest BCUT2D eigenvalue weighted by Gasteiger charge is 2.36. The summed E-state index contributed by atoms with van der Waals surface area (Å²) in [5.41, 5.74) is 5.11. The molecule has 0 saturated carbocycles. The normalized spacial score (nSPS) is 17.2. The number of hydrogen-bond donors (Lipinski definition) is 3. The predicted molar refractivity (Wildman–Crippen MR) is 103 cm³/mol. The van der Waals surface area contributed by atoms with E-state index in [0.717, 1.165) is 0 Å². The van der Waals surface area contributed by atoms with Gasteiger partial charge in [-0.2, -0.15) is 0 Å². The number of rotatable bonds is 5. The lowest BCUT2D eigenvalue weighted by Gasteiger charge is -2.31. The molecule has 4 N–H and O–H groups in total. The fourth-order valence-corrected chi connectivity index (χ4v) is 4.34. The van der Waals surface area contributed by atoms with Crippen LogP contribution in [0.2, 0.25) is 0 Å². The summed E-state index contributed by atoms with van der Waals surface area (Å²) < 4.78 is 33.1. The van der Waals surface area contributed by atoms with E-state index in [1.807, 2.05) is 0 Å². The molecule has 0 radical (unpaired) electrons. The van der Waals surface area contributed by atoms with Crippen molar-refractivity contribution in [3.63, 3.8) is 0 Å². The number of nitrogens with one attached hydrogen (secondary N) is 2. The van der Waals surface area contributed by atoms with Crippen molar-refractivity contribution in [2.45, 2.75) is 56.1 Å². The molecular weight excluding hydrogens is 378 g/mol. The summed E-state index contributed by atoms with van der Waals surface area (Å²) in [5.74, 6) is -0.285. The van der Waals surface area contributed by atoms with Gasteiger partial charge in [-0.3, -0.25) is 4.79 Å². The topological polar surface area (TPSA) is 111 Å². The predicted octanol–water partition coefficient (Wildman–Crippen LogP) is 1.31. The van der Waals surface area contributed by atoms with Crippen LogP contribution in [0.4, 0.5) is 0 Å². The molecule has 1 aromatic rings. The molecule has 1 aliphatic rings. The Morgan fingerprint density at radius 3 is 2.38 bits per heavy atom. The summed E-state index contributed by atoms with van der Waals surface area (Å²) in [7, 11) is -3.69. The summed E-state index contributed by atoms with van der Waals surface area (Å²) in [6, 6.07) is 6.61. The van der Waals surface area contributed by atoms with Crippen molar-refractivity contribution in [1.29, 1.82) is 0 Å². The van der Waals surface area contributed by atoms with E-state index < -0.39 is 21.1 Å². The molecule has 2 rings (SSSR count). The molecule has 1 fully saturated rings. The second-order valence-corrected chi connectivity index (χ2v) is 9.07. The van der Waals surface area contributed by atoms with Gasteiger partial charge in [0, 0.05) is 25.3 Å². The summed E-state index contributed by atoms with van der Waals surface area (Å²) in [6.07, 6.45) is 0.898. The number of carbonyl (C=O) groups is 1. The first-order valence-electron chi connectivity index (χ1n) is 8.30. The third kappa shape index (κ3) is 5.92. The maximum absolute atomic E-state index is 12.6. The van der Waals surface area contributed by atoms with Crippen LogP contribution in [0.15, 0.2) is 29.2 Å². The molecule has 1 amide bonds. The van der Waals surface area contributed by atoms with Crippen LogP contribution in [0.25, 0.3) is 0 Å². The molecule has 0 aliphatic carbocycles. The monoisotopic (exact) mass is 405 g/mol. The standard InChI is InChI=1S/C17H27N3O4S.ClH/c1-16(2,3)20-25(22,23)14-7-5-4-6-13(14)12-19-15(21)17(18)8-10-24-11-9-17;/h4-7,20H,8-12,18H2,1-3H3,(H,19,21);1H. The van der Waals surface area contributed by atoms with Crippen LogP contribution in [0, 0.1) is 0 Å². The fourth-order valence-electron chi connectivity index (χ4n) is 2.68. The molecule has 1 heterocycles. The maximum atomic E-state index is 12.6. The average Bonchev–Trinajstić information content (AvgIpc) is 2.51. The minimum atomic E-state index is -3.69. The van der Waals surface area contributed by atoms with Gasteiger partial charge < -0.3 is 15.8 Å². The van der Waals surface area contributed by atoms with Gasteiger partial charge in [-0.15, -0.1) is 12.4 Å². The van der Waals surface area contributed by atoms with E-state index in [-0.39, 0.29) is 29.8 Å². The van der Waals surface area contributed by atoms with Gasteiger partial charge in [0.25, 0.3) is 0 Å². The van der Waals surface area contributed by atoms with Crippen molar-refractivity contribution in [3.05, 3.63) is 29.8 Å². The minimum Gasteiger partial charge on any atom is -0.381 e. The lowest BCUT2D eigenvalue weighted by molar-refractivity contribution is -0.129. The third-order valence-electron chi connectivity index (χ3n) is 3.98. The summed E-state index contributed by atoms with van der Waals surface area (Å²) >= 11 is 0. The number of hydrogen-bond acceptors (Lipinski definition) is 5. The molecule has 26 heavy (non-hydrogen) atoms. The Labute approximate surface area is 161 Å². The highest BCUT2D eigenvalue weighted by Crippen LogP contribution is 2.20. The Morgan fingerprint density at radius 1 is 1.23 bits per heavy atom. The lowest BCUT2D eigenvalue weighted by atomic mass is 9.90. The van der Waals surface area contributed by atoms with E-state index in [1.54, 1.807) is 39.0 Å². The zero-order chi connectivity index (χ0) is 18.7. The Balaban J connectivity index is 0.00000338. The molecule has 1 saturated heterocycles. The Hall–Kier alpha value is -1.19. The van der Waals surface area contributed by atoms with E-state index in [0.29, 0.717) is 31.6 Å². The first-order chi connectivity index (χ1) is 11.5. The molecule has 0 bridgehead atoms. The first kappa shape index (κ1) is 22.9. The van der Waals surface area contributed by atoms with Gasteiger partial charge in [-0.1, -0.05) is 18.2 Å². The smallest absolute Gasteiger partial charge is 0.241 e. The van der Waals surface area contributed by atoms with Crippen molar-refractivity contribution in [2.75, 3.05) is 13.2 Å². The van der Waals surface area contributed by atoms with E-state index in [9.17, 15) is 13.2 Å². The van der Waals surface area contributed by atoms with Gasteiger partial charge in [0.1, 0.15) is 0 Å². The van der Waals surface area contributed by atoms with Crippen LogP contribution in [0.3, 0.4) is 0 Å². The van der Waals surface area contributed by atoms with Crippen molar-refractivity contribution >= 4 is 28.3 Å². The average molecular weight is 406 g/mol. The highest BCUT2D eigenvalue weighted by atomic mass is 35.5. The summed E-state index contributed by atoms with van der Waals surface area (Å²) in [6.45, 7) is 6.32. The molecule has 0 spiro atoms. The lowest BCUT2D eigenvalue weighted by Crippen LogP contribution is -2.56. The van der Waals surface area contributed by atoms with E-state index in [2.05, 4.69) is 10.0 Å². The molecule has 0 aromatic heterocycles. The van der Waals surface area contributed by atoms with Crippen LogP contribution >= 0.6 is 12.4 Å².